The molecule has 1 saturated carbocycles. The number of hydrogen-bond donors (Lipinski definition) is 2. The summed E-state index contributed by atoms with van der Waals surface area (Å²) in [6, 6.07) is 14.8. The van der Waals surface area contributed by atoms with Crippen LogP contribution in [0.5, 0.6) is 11.5 Å². The monoisotopic (exact) mass is 284 g/mol. The molecule has 2 heteroatoms. The Kier molecular flexibility index (Phi) is 5.68. The fraction of sp³-hybridized carbons (Fsp3) is 0.368. The molecule has 0 radical (unpaired) electrons. The van der Waals surface area contributed by atoms with E-state index in [2.05, 4.69) is 12.1 Å². The van der Waals surface area contributed by atoms with Gasteiger partial charge in [-0.05, 0) is 55.5 Å². The zero-order valence-corrected chi connectivity index (χ0v) is 12.6. The summed E-state index contributed by atoms with van der Waals surface area (Å²) >= 11 is 0. The number of rotatable bonds is 1. The lowest BCUT2D eigenvalue weighted by atomic mass is 9.84. The number of phenols is 2. The van der Waals surface area contributed by atoms with Gasteiger partial charge in [-0.15, -0.1) is 0 Å². The average molecular weight is 284 g/mol. The van der Waals surface area contributed by atoms with Crippen LogP contribution in [0.15, 0.2) is 48.5 Å². The Hall–Kier alpha value is -1.96. The molecule has 1 fully saturated rings. The molecule has 0 atom stereocenters. The van der Waals surface area contributed by atoms with E-state index in [1.165, 1.54) is 43.2 Å². The number of aromatic hydroxyl groups is 2. The van der Waals surface area contributed by atoms with Crippen LogP contribution < -0.4 is 0 Å². The summed E-state index contributed by atoms with van der Waals surface area (Å²) in [6.45, 7) is 1.99. The maximum absolute atomic E-state index is 9.16. The summed E-state index contributed by atoms with van der Waals surface area (Å²) < 4.78 is 0. The minimum atomic E-state index is 0.329. The van der Waals surface area contributed by atoms with Gasteiger partial charge >= 0.3 is 0 Å². The van der Waals surface area contributed by atoms with Crippen molar-refractivity contribution >= 4 is 0 Å². The first-order valence-electron chi connectivity index (χ1n) is 7.70. The first kappa shape index (κ1) is 15.4. The van der Waals surface area contributed by atoms with E-state index in [4.69, 9.17) is 10.2 Å². The van der Waals surface area contributed by atoms with Crippen molar-refractivity contribution in [1.82, 2.24) is 0 Å². The van der Waals surface area contributed by atoms with Crippen molar-refractivity contribution in [3.05, 3.63) is 59.7 Å². The molecule has 2 aromatic carbocycles. The van der Waals surface area contributed by atoms with Crippen LogP contribution in [0.2, 0.25) is 0 Å². The lowest BCUT2D eigenvalue weighted by Crippen LogP contribution is -2.03. The maximum atomic E-state index is 9.16. The zero-order chi connectivity index (χ0) is 15.1. The second-order valence-electron chi connectivity index (χ2n) is 5.76. The molecule has 0 unspecified atom stereocenters. The van der Waals surface area contributed by atoms with Crippen LogP contribution in [-0.4, -0.2) is 10.2 Å². The fourth-order valence-electron chi connectivity index (χ4n) is 2.73. The molecule has 3 rings (SSSR count). The molecule has 0 saturated heterocycles. The van der Waals surface area contributed by atoms with Gasteiger partial charge in [-0.25, -0.2) is 0 Å². The molecule has 0 bridgehead atoms. The van der Waals surface area contributed by atoms with Gasteiger partial charge in [0.2, 0.25) is 0 Å². The van der Waals surface area contributed by atoms with E-state index in [1.807, 2.05) is 19.1 Å². The van der Waals surface area contributed by atoms with Crippen LogP contribution in [0.3, 0.4) is 0 Å². The van der Waals surface area contributed by atoms with E-state index in [1.54, 1.807) is 24.3 Å². The summed E-state index contributed by atoms with van der Waals surface area (Å²) in [5, 5.41) is 17.9. The Morgan fingerprint density at radius 2 is 1.19 bits per heavy atom. The lowest BCUT2D eigenvalue weighted by Gasteiger charge is -2.21. The molecule has 0 aromatic heterocycles. The lowest BCUT2D eigenvalue weighted by molar-refractivity contribution is 0.442. The van der Waals surface area contributed by atoms with Crippen molar-refractivity contribution < 1.29 is 10.2 Å². The minimum Gasteiger partial charge on any atom is -0.508 e. The minimum absolute atomic E-state index is 0.329. The molecule has 0 amide bonds. The first-order chi connectivity index (χ1) is 10.1. The third-order valence-corrected chi connectivity index (χ3v) is 4.00. The Labute approximate surface area is 127 Å². The molecule has 1 aliphatic carbocycles. The van der Waals surface area contributed by atoms with Crippen molar-refractivity contribution in [2.75, 3.05) is 0 Å². The van der Waals surface area contributed by atoms with Crippen LogP contribution in [0.1, 0.15) is 49.1 Å². The highest BCUT2D eigenvalue weighted by atomic mass is 16.3. The normalized spacial score (nSPS) is 15.1. The highest BCUT2D eigenvalue weighted by molar-refractivity contribution is 5.28. The predicted octanol–water partition coefficient (Wildman–Crippen LogP) is 5.14. The van der Waals surface area contributed by atoms with Gasteiger partial charge in [-0.2, -0.15) is 0 Å². The van der Waals surface area contributed by atoms with Crippen molar-refractivity contribution in [3.63, 3.8) is 0 Å². The van der Waals surface area contributed by atoms with Gasteiger partial charge in [0, 0.05) is 0 Å². The third kappa shape index (κ3) is 5.14. The van der Waals surface area contributed by atoms with Gasteiger partial charge in [0.1, 0.15) is 11.5 Å². The summed E-state index contributed by atoms with van der Waals surface area (Å²) in [5.41, 5.74) is 2.57. The predicted molar refractivity (Wildman–Crippen MR) is 86.8 cm³/mol. The highest BCUT2D eigenvalue weighted by Gasteiger charge is 2.14. The van der Waals surface area contributed by atoms with Gasteiger partial charge in [0.15, 0.2) is 0 Å². The van der Waals surface area contributed by atoms with Crippen molar-refractivity contribution in [3.8, 4) is 11.5 Å². The van der Waals surface area contributed by atoms with Gasteiger partial charge in [0.25, 0.3) is 0 Å². The van der Waals surface area contributed by atoms with Crippen LogP contribution in [0.4, 0.5) is 0 Å². The standard InChI is InChI=1S/C12H16O.C7H8O/c13-12-8-6-11(7-9-12)10-4-2-1-3-5-10;1-6-2-4-7(8)5-3-6/h6-10,13H,1-5H2;2-5,8H,1H3. The smallest absolute Gasteiger partial charge is 0.115 e. The van der Waals surface area contributed by atoms with Crippen molar-refractivity contribution in [2.24, 2.45) is 0 Å². The van der Waals surface area contributed by atoms with Crippen molar-refractivity contribution in [1.29, 1.82) is 0 Å². The Balaban J connectivity index is 0.000000173. The average Bonchev–Trinajstić information content (AvgIpc) is 2.52. The van der Waals surface area contributed by atoms with Gasteiger partial charge in [0.05, 0.1) is 0 Å². The number of phenolic OH excluding ortho intramolecular Hbond substituents is 2. The van der Waals surface area contributed by atoms with E-state index >= 15 is 0 Å². The molecule has 1 aliphatic rings. The Morgan fingerprint density at radius 3 is 1.67 bits per heavy atom. The zero-order valence-electron chi connectivity index (χ0n) is 12.6. The molecule has 112 valence electrons. The largest absolute Gasteiger partial charge is 0.508 e. The summed E-state index contributed by atoms with van der Waals surface area (Å²) in [7, 11) is 0. The van der Waals surface area contributed by atoms with Gasteiger partial charge < -0.3 is 10.2 Å². The topological polar surface area (TPSA) is 40.5 Å². The summed E-state index contributed by atoms with van der Waals surface area (Å²) in [5.74, 6) is 1.45. The number of hydrogen-bond acceptors (Lipinski definition) is 2. The molecule has 21 heavy (non-hydrogen) atoms. The molecular formula is C19H24O2. The van der Waals surface area contributed by atoms with E-state index in [0.29, 0.717) is 11.5 Å². The highest BCUT2D eigenvalue weighted by Crippen LogP contribution is 2.32. The van der Waals surface area contributed by atoms with E-state index in [9.17, 15) is 0 Å². The molecule has 0 heterocycles. The van der Waals surface area contributed by atoms with Crippen molar-refractivity contribution in [2.45, 2.75) is 44.9 Å². The van der Waals surface area contributed by atoms with Gasteiger partial charge in [-0.3, -0.25) is 0 Å². The van der Waals surface area contributed by atoms with Crippen LogP contribution in [0, 0.1) is 6.92 Å². The fourth-order valence-corrected chi connectivity index (χ4v) is 2.73. The third-order valence-electron chi connectivity index (χ3n) is 4.00. The second-order valence-corrected chi connectivity index (χ2v) is 5.76. The molecule has 2 N–H and O–H groups in total. The molecule has 0 aliphatic heterocycles. The van der Waals surface area contributed by atoms with E-state index in [0.717, 1.165) is 5.92 Å². The summed E-state index contributed by atoms with van der Waals surface area (Å²) in [4.78, 5) is 0. The number of benzene rings is 2. The van der Waals surface area contributed by atoms with Crippen LogP contribution in [0.25, 0.3) is 0 Å². The van der Waals surface area contributed by atoms with Crippen LogP contribution in [-0.2, 0) is 0 Å². The summed E-state index contributed by atoms with van der Waals surface area (Å²) in [6.07, 6.45) is 6.78. The first-order valence-corrected chi connectivity index (χ1v) is 7.70. The molecule has 0 spiro atoms. The van der Waals surface area contributed by atoms with E-state index < -0.39 is 0 Å². The quantitative estimate of drug-likeness (QED) is 0.761. The maximum Gasteiger partial charge on any atom is 0.115 e. The SMILES string of the molecule is Cc1ccc(O)cc1.Oc1ccc(C2CCCCC2)cc1. The molecule has 2 aromatic rings. The van der Waals surface area contributed by atoms with Crippen LogP contribution >= 0.6 is 0 Å². The Bertz CT molecular complexity index is 501. The van der Waals surface area contributed by atoms with E-state index in [-0.39, 0.29) is 0 Å². The second kappa shape index (κ2) is 7.72. The molecule has 2 nitrogen and oxygen atoms in total. The number of aryl methyl sites for hydroxylation is 1. The molecular weight excluding hydrogens is 260 g/mol. The Morgan fingerprint density at radius 1 is 0.714 bits per heavy atom. The van der Waals surface area contributed by atoms with Gasteiger partial charge in [-0.1, -0.05) is 49.1 Å².